The summed E-state index contributed by atoms with van der Waals surface area (Å²) < 4.78 is 1.20. The van der Waals surface area contributed by atoms with Crippen LogP contribution in [0.5, 0.6) is 0 Å². The van der Waals surface area contributed by atoms with E-state index in [1.54, 1.807) is 0 Å². The molecule has 1 saturated heterocycles. The number of nitrogens with zero attached hydrogens (tertiary/aromatic N) is 1. The summed E-state index contributed by atoms with van der Waals surface area (Å²) in [6.07, 6.45) is 1.23. The Bertz CT molecular complexity index is 380. The summed E-state index contributed by atoms with van der Waals surface area (Å²) >= 11 is 3.64. The first-order valence-electron chi connectivity index (χ1n) is 6.33. The molecule has 0 amide bonds. The van der Waals surface area contributed by atoms with Crippen LogP contribution in [0.1, 0.15) is 31.9 Å². The quantitative estimate of drug-likeness (QED) is 0.928. The first kappa shape index (κ1) is 13.1. The van der Waals surface area contributed by atoms with E-state index in [4.69, 9.17) is 5.73 Å². The summed E-state index contributed by atoms with van der Waals surface area (Å²) in [5.74, 6) is 0.662. The normalized spacial score (nSPS) is 27.3. The summed E-state index contributed by atoms with van der Waals surface area (Å²) in [7, 11) is 0. The average Bonchev–Trinajstić information content (AvgIpc) is 2.70. The van der Waals surface area contributed by atoms with Crippen LogP contribution in [0, 0.1) is 5.92 Å². The van der Waals surface area contributed by atoms with E-state index in [1.165, 1.54) is 16.5 Å². The molecule has 94 valence electrons. The fraction of sp³-hybridized carbons (Fsp3) is 0.571. The predicted octanol–water partition coefficient (Wildman–Crippen LogP) is 3.18. The van der Waals surface area contributed by atoms with E-state index in [9.17, 15) is 0 Å². The maximum Gasteiger partial charge on any atom is 0.0334 e. The highest BCUT2D eigenvalue weighted by Crippen LogP contribution is 2.34. The molecule has 1 aromatic rings. The third-order valence-electron chi connectivity index (χ3n) is 3.90. The van der Waals surface area contributed by atoms with Gasteiger partial charge < -0.3 is 5.73 Å². The molecule has 0 aromatic heterocycles. The number of rotatable bonds is 3. The van der Waals surface area contributed by atoms with Crippen molar-refractivity contribution in [3.63, 3.8) is 0 Å². The zero-order valence-corrected chi connectivity index (χ0v) is 12.2. The van der Waals surface area contributed by atoms with Gasteiger partial charge in [0, 0.05) is 23.1 Å². The second-order valence-corrected chi connectivity index (χ2v) is 5.94. The van der Waals surface area contributed by atoms with E-state index < -0.39 is 0 Å². The summed E-state index contributed by atoms with van der Waals surface area (Å²) in [5.41, 5.74) is 7.16. The second kappa shape index (κ2) is 5.51. The van der Waals surface area contributed by atoms with Crippen molar-refractivity contribution in [2.24, 2.45) is 11.7 Å². The van der Waals surface area contributed by atoms with Crippen LogP contribution in [0.15, 0.2) is 28.7 Å². The minimum atomic E-state index is 0.456. The van der Waals surface area contributed by atoms with Crippen molar-refractivity contribution in [2.45, 2.75) is 32.4 Å². The Hall–Kier alpha value is -0.380. The van der Waals surface area contributed by atoms with Crippen LogP contribution in [-0.4, -0.2) is 24.0 Å². The highest BCUT2D eigenvalue weighted by molar-refractivity contribution is 9.10. The molecule has 3 heteroatoms. The van der Waals surface area contributed by atoms with Crippen molar-refractivity contribution in [1.29, 1.82) is 0 Å². The second-order valence-electron chi connectivity index (χ2n) is 5.08. The molecule has 2 nitrogen and oxygen atoms in total. The van der Waals surface area contributed by atoms with Crippen molar-refractivity contribution in [2.75, 3.05) is 13.1 Å². The first-order chi connectivity index (χ1) is 8.13. The number of hydrogen-bond donors (Lipinski definition) is 1. The molecule has 0 bridgehead atoms. The highest BCUT2D eigenvalue weighted by Gasteiger charge is 2.32. The van der Waals surface area contributed by atoms with Crippen LogP contribution >= 0.6 is 15.9 Å². The zero-order valence-electron chi connectivity index (χ0n) is 10.6. The SMILES string of the molecule is CC1CC(CN)CN1C(C)c1ccccc1Br. The highest BCUT2D eigenvalue weighted by atomic mass is 79.9. The van der Waals surface area contributed by atoms with E-state index >= 15 is 0 Å². The maximum absolute atomic E-state index is 5.79. The first-order valence-corrected chi connectivity index (χ1v) is 7.13. The van der Waals surface area contributed by atoms with Crippen LogP contribution in [0.3, 0.4) is 0 Å². The average molecular weight is 297 g/mol. The van der Waals surface area contributed by atoms with Crippen LogP contribution in [0.2, 0.25) is 0 Å². The van der Waals surface area contributed by atoms with E-state index in [-0.39, 0.29) is 0 Å². The van der Waals surface area contributed by atoms with Gasteiger partial charge in [0.25, 0.3) is 0 Å². The summed E-state index contributed by atoms with van der Waals surface area (Å²) in [6, 6.07) is 9.58. The van der Waals surface area contributed by atoms with Crippen molar-refractivity contribution >= 4 is 15.9 Å². The Morgan fingerprint density at radius 3 is 2.76 bits per heavy atom. The zero-order chi connectivity index (χ0) is 12.4. The van der Waals surface area contributed by atoms with Crippen molar-refractivity contribution in [1.82, 2.24) is 4.90 Å². The van der Waals surface area contributed by atoms with E-state index in [0.29, 0.717) is 18.0 Å². The molecule has 0 spiro atoms. The van der Waals surface area contributed by atoms with Gasteiger partial charge in [-0.15, -0.1) is 0 Å². The summed E-state index contributed by atoms with van der Waals surface area (Å²) in [5, 5.41) is 0. The molecule has 17 heavy (non-hydrogen) atoms. The van der Waals surface area contributed by atoms with Gasteiger partial charge in [-0.3, -0.25) is 4.90 Å². The Labute approximate surface area is 112 Å². The minimum absolute atomic E-state index is 0.456. The van der Waals surface area contributed by atoms with Gasteiger partial charge in [-0.1, -0.05) is 34.1 Å². The van der Waals surface area contributed by atoms with E-state index in [2.05, 4.69) is 58.9 Å². The molecule has 0 saturated carbocycles. The topological polar surface area (TPSA) is 29.3 Å². The summed E-state index contributed by atoms with van der Waals surface area (Å²) in [6.45, 7) is 6.53. The number of benzene rings is 1. The lowest BCUT2D eigenvalue weighted by Gasteiger charge is -2.29. The van der Waals surface area contributed by atoms with E-state index in [0.717, 1.165) is 13.1 Å². The number of nitrogens with two attached hydrogens (primary N) is 1. The van der Waals surface area contributed by atoms with Gasteiger partial charge >= 0.3 is 0 Å². The van der Waals surface area contributed by atoms with Crippen LogP contribution in [0.25, 0.3) is 0 Å². The molecule has 0 radical (unpaired) electrons. The predicted molar refractivity (Wildman–Crippen MR) is 75.9 cm³/mol. The molecule has 1 fully saturated rings. The summed E-state index contributed by atoms with van der Waals surface area (Å²) in [4.78, 5) is 2.57. The Morgan fingerprint density at radius 2 is 2.18 bits per heavy atom. The maximum atomic E-state index is 5.79. The smallest absolute Gasteiger partial charge is 0.0334 e. The lowest BCUT2D eigenvalue weighted by Crippen LogP contribution is -2.31. The molecule has 1 aromatic carbocycles. The van der Waals surface area contributed by atoms with Crippen LogP contribution in [-0.2, 0) is 0 Å². The Morgan fingerprint density at radius 1 is 1.47 bits per heavy atom. The molecular formula is C14H21BrN2. The molecule has 2 rings (SSSR count). The van der Waals surface area contributed by atoms with Crippen LogP contribution < -0.4 is 5.73 Å². The van der Waals surface area contributed by atoms with Gasteiger partial charge in [0.2, 0.25) is 0 Å². The van der Waals surface area contributed by atoms with Gasteiger partial charge in [0.05, 0.1) is 0 Å². The molecule has 1 aliphatic heterocycles. The van der Waals surface area contributed by atoms with Crippen molar-refractivity contribution < 1.29 is 0 Å². The minimum Gasteiger partial charge on any atom is -0.330 e. The standard InChI is InChI=1S/C14H21BrN2/c1-10-7-12(8-16)9-17(10)11(2)13-5-3-4-6-14(13)15/h3-6,10-12H,7-9,16H2,1-2H3. The van der Waals surface area contributed by atoms with Gasteiger partial charge in [0.15, 0.2) is 0 Å². The molecule has 3 unspecified atom stereocenters. The van der Waals surface area contributed by atoms with Crippen LogP contribution in [0.4, 0.5) is 0 Å². The lowest BCUT2D eigenvalue weighted by molar-refractivity contribution is 0.200. The number of halogens is 1. The largest absolute Gasteiger partial charge is 0.330 e. The molecular weight excluding hydrogens is 276 g/mol. The van der Waals surface area contributed by atoms with Crippen molar-refractivity contribution in [3.8, 4) is 0 Å². The number of hydrogen-bond acceptors (Lipinski definition) is 2. The third kappa shape index (κ3) is 2.72. The molecule has 3 atom stereocenters. The molecule has 1 heterocycles. The molecule has 1 aliphatic rings. The van der Waals surface area contributed by atoms with Gasteiger partial charge in [-0.05, 0) is 44.4 Å². The lowest BCUT2D eigenvalue weighted by atomic mass is 10.1. The molecule has 2 N–H and O–H groups in total. The van der Waals surface area contributed by atoms with Gasteiger partial charge in [-0.25, -0.2) is 0 Å². The Kier molecular flexibility index (Phi) is 4.23. The van der Waals surface area contributed by atoms with Crippen molar-refractivity contribution in [3.05, 3.63) is 34.3 Å². The fourth-order valence-corrected chi connectivity index (χ4v) is 3.49. The van der Waals surface area contributed by atoms with Gasteiger partial charge in [-0.2, -0.15) is 0 Å². The fourth-order valence-electron chi connectivity index (χ4n) is 2.87. The third-order valence-corrected chi connectivity index (χ3v) is 4.62. The van der Waals surface area contributed by atoms with Gasteiger partial charge in [0.1, 0.15) is 0 Å². The number of likely N-dealkylation sites (tertiary alicyclic amines) is 1. The Balaban J connectivity index is 2.15. The molecule has 0 aliphatic carbocycles. The van der Waals surface area contributed by atoms with E-state index in [1.807, 2.05) is 0 Å². The monoisotopic (exact) mass is 296 g/mol.